The van der Waals surface area contributed by atoms with Crippen molar-refractivity contribution in [1.29, 1.82) is 0 Å². The molecule has 0 amide bonds. The molecule has 0 fully saturated rings. The van der Waals surface area contributed by atoms with Gasteiger partial charge in [0.2, 0.25) is 0 Å². The van der Waals surface area contributed by atoms with Crippen LogP contribution in [-0.2, 0) is 12.8 Å². The summed E-state index contributed by atoms with van der Waals surface area (Å²) in [4.78, 5) is 4.79. The van der Waals surface area contributed by atoms with Gasteiger partial charge in [-0.25, -0.2) is 0 Å². The first-order valence-corrected chi connectivity index (χ1v) is 6.70. The molecule has 3 rings (SSSR count). The number of pyridine rings is 1. The highest BCUT2D eigenvalue weighted by molar-refractivity contribution is 5.80. The van der Waals surface area contributed by atoms with Gasteiger partial charge < -0.3 is 5.11 Å². The summed E-state index contributed by atoms with van der Waals surface area (Å²) < 4.78 is 0. The molecule has 0 unspecified atom stereocenters. The molecule has 1 heterocycles. The van der Waals surface area contributed by atoms with Crippen molar-refractivity contribution in [3.63, 3.8) is 0 Å². The van der Waals surface area contributed by atoms with Gasteiger partial charge in [-0.3, -0.25) is 4.98 Å². The Kier molecular flexibility index (Phi) is 2.83. The Morgan fingerprint density at radius 2 is 2.11 bits per heavy atom. The maximum Gasteiger partial charge on any atom is 0.0708 e. The van der Waals surface area contributed by atoms with Crippen LogP contribution in [0.15, 0.2) is 24.3 Å². The van der Waals surface area contributed by atoms with Crippen molar-refractivity contribution in [2.75, 3.05) is 6.61 Å². The van der Waals surface area contributed by atoms with Crippen LogP contribution in [0.3, 0.4) is 0 Å². The minimum atomic E-state index is 0.268. The summed E-state index contributed by atoms with van der Waals surface area (Å²) in [5.41, 5.74) is 4.94. The molecular formula is C16H19NO. The molecule has 0 aliphatic heterocycles. The number of rotatable bonds is 2. The first kappa shape index (κ1) is 11.7. The highest BCUT2D eigenvalue weighted by Gasteiger charge is 2.22. The lowest BCUT2D eigenvalue weighted by molar-refractivity contribution is 0.232. The van der Waals surface area contributed by atoms with Crippen LogP contribution >= 0.6 is 0 Å². The molecule has 1 aromatic heterocycles. The summed E-state index contributed by atoms with van der Waals surface area (Å²) in [5.74, 6) is 0.906. The number of aliphatic hydroxyl groups excluding tert-OH is 1. The number of aromatic nitrogens is 1. The Morgan fingerprint density at radius 1 is 1.28 bits per heavy atom. The van der Waals surface area contributed by atoms with E-state index in [4.69, 9.17) is 4.98 Å². The van der Waals surface area contributed by atoms with Crippen LogP contribution in [0.5, 0.6) is 0 Å². The van der Waals surface area contributed by atoms with E-state index in [-0.39, 0.29) is 6.61 Å². The lowest BCUT2D eigenvalue weighted by atomic mass is 10.0. The molecule has 1 atom stereocenters. The average Bonchev–Trinajstić information content (AvgIpc) is 2.76. The number of hydrogen-bond donors (Lipinski definition) is 1. The van der Waals surface area contributed by atoms with Crippen molar-refractivity contribution < 1.29 is 5.11 Å². The molecule has 2 nitrogen and oxygen atoms in total. The zero-order valence-electron chi connectivity index (χ0n) is 11.0. The first-order chi connectivity index (χ1) is 8.67. The summed E-state index contributed by atoms with van der Waals surface area (Å²) in [6.07, 6.45) is 1.90. The van der Waals surface area contributed by atoms with Gasteiger partial charge in [0, 0.05) is 17.7 Å². The van der Waals surface area contributed by atoms with Crippen molar-refractivity contribution >= 4 is 10.9 Å². The molecule has 0 spiro atoms. The molecule has 0 radical (unpaired) electrons. The van der Waals surface area contributed by atoms with Gasteiger partial charge in [-0.15, -0.1) is 0 Å². The Bertz CT molecular complexity index is 589. The van der Waals surface area contributed by atoms with Gasteiger partial charge >= 0.3 is 0 Å². The van der Waals surface area contributed by atoms with Gasteiger partial charge in [-0.1, -0.05) is 26.0 Å². The van der Waals surface area contributed by atoms with Gasteiger partial charge in [-0.05, 0) is 47.9 Å². The fourth-order valence-electron chi connectivity index (χ4n) is 2.77. The molecule has 94 valence electrons. The zero-order valence-corrected chi connectivity index (χ0v) is 11.0. The van der Waals surface area contributed by atoms with Crippen molar-refractivity contribution in [3.8, 4) is 0 Å². The van der Waals surface area contributed by atoms with E-state index in [2.05, 4.69) is 38.1 Å². The highest BCUT2D eigenvalue weighted by atomic mass is 16.3. The molecule has 0 saturated heterocycles. The van der Waals surface area contributed by atoms with Crippen LogP contribution in [0.4, 0.5) is 0 Å². The van der Waals surface area contributed by atoms with Crippen molar-refractivity contribution in [2.45, 2.75) is 32.6 Å². The zero-order chi connectivity index (χ0) is 12.7. The molecule has 1 aromatic carbocycles. The number of hydrogen-bond acceptors (Lipinski definition) is 2. The predicted octanol–water partition coefficient (Wildman–Crippen LogP) is 3.07. The Morgan fingerprint density at radius 3 is 2.83 bits per heavy atom. The van der Waals surface area contributed by atoms with Gasteiger partial charge in [0.15, 0.2) is 0 Å². The Balaban J connectivity index is 2.08. The van der Waals surface area contributed by atoms with Crippen molar-refractivity contribution in [2.24, 2.45) is 5.92 Å². The van der Waals surface area contributed by atoms with Gasteiger partial charge in [0.05, 0.1) is 5.52 Å². The van der Waals surface area contributed by atoms with Crippen molar-refractivity contribution in [3.05, 3.63) is 41.1 Å². The molecule has 1 aliphatic carbocycles. The molecule has 1 N–H and O–H groups in total. The highest BCUT2D eigenvalue weighted by Crippen LogP contribution is 2.29. The van der Waals surface area contributed by atoms with Crippen LogP contribution in [-0.4, -0.2) is 16.7 Å². The maximum atomic E-state index is 9.26. The largest absolute Gasteiger partial charge is 0.396 e. The fourth-order valence-corrected chi connectivity index (χ4v) is 2.77. The SMILES string of the molecule is CC(C)c1ccc2cc3c(nc2c1)C[C@H](CO)C3. The monoisotopic (exact) mass is 241 g/mol. The third-order valence-electron chi connectivity index (χ3n) is 3.93. The van der Waals surface area contributed by atoms with E-state index in [0.29, 0.717) is 11.8 Å². The van der Waals surface area contributed by atoms with Crippen LogP contribution < -0.4 is 0 Å². The summed E-state index contributed by atoms with van der Waals surface area (Å²) in [6.45, 7) is 4.68. The average molecular weight is 241 g/mol. The lowest BCUT2D eigenvalue weighted by Gasteiger charge is -2.08. The van der Waals surface area contributed by atoms with E-state index >= 15 is 0 Å². The van der Waals surface area contributed by atoms with E-state index in [1.165, 1.54) is 22.2 Å². The number of fused-ring (bicyclic) bond motifs is 2. The van der Waals surface area contributed by atoms with E-state index in [0.717, 1.165) is 18.4 Å². The van der Waals surface area contributed by atoms with Gasteiger partial charge in [0.25, 0.3) is 0 Å². The lowest BCUT2D eigenvalue weighted by Crippen LogP contribution is -2.04. The van der Waals surface area contributed by atoms with E-state index < -0.39 is 0 Å². The van der Waals surface area contributed by atoms with E-state index in [9.17, 15) is 5.11 Å². The van der Waals surface area contributed by atoms with Crippen LogP contribution in [0, 0.1) is 5.92 Å². The number of benzene rings is 1. The van der Waals surface area contributed by atoms with Gasteiger partial charge in [0.1, 0.15) is 0 Å². The van der Waals surface area contributed by atoms with Crippen molar-refractivity contribution in [1.82, 2.24) is 4.98 Å². The van der Waals surface area contributed by atoms with Crippen LogP contribution in [0.1, 0.15) is 36.6 Å². The maximum absolute atomic E-state index is 9.26. The molecular weight excluding hydrogens is 222 g/mol. The summed E-state index contributed by atoms with van der Waals surface area (Å²) in [6, 6.07) is 8.81. The summed E-state index contributed by atoms with van der Waals surface area (Å²) in [5, 5.41) is 10.5. The fraction of sp³-hybridized carbons (Fsp3) is 0.438. The Labute approximate surface area is 108 Å². The van der Waals surface area contributed by atoms with E-state index in [1.807, 2.05) is 0 Å². The molecule has 0 saturated carbocycles. The normalized spacial score (nSPS) is 18.6. The minimum absolute atomic E-state index is 0.268. The topological polar surface area (TPSA) is 33.1 Å². The quantitative estimate of drug-likeness (QED) is 0.876. The molecule has 1 aliphatic rings. The number of aliphatic hydroxyl groups is 1. The second-order valence-electron chi connectivity index (χ2n) is 5.66. The summed E-state index contributed by atoms with van der Waals surface area (Å²) >= 11 is 0. The Hall–Kier alpha value is -1.41. The van der Waals surface area contributed by atoms with E-state index in [1.54, 1.807) is 0 Å². The number of nitrogens with zero attached hydrogens (tertiary/aromatic N) is 1. The van der Waals surface area contributed by atoms with Crippen LogP contribution in [0.25, 0.3) is 10.9 Å². The molecule has 2 heteroatoms. The van der Waals surface area contributed by atoms with Gasteiger partial charge in [-0.2, -0.15) is 0 Å². The second kappa shape index (κ2) is 4.36. The van der Waals surface area contributed by atoms with Crippen LogP contribution in [0.2, 0.25) is 0 Å². The third-order valence-corrected chi connectivity index (χ3v) is 3.93. The molecule has 18 heavy (non-hydrogen) atoms. The summed E-state index contributed by atoms with van der Waals surface area (Å²) in [7, 11) is 0. The minimum Gasteiger partial charge on any atom is -0.396 e. The molecule has 0 bridgehead atoms. The smallest absolute Gasteiger partial charge is 0.0708 e. The third kappa shape index (κ3) is 1.91. The standard InChI is InChI=1S/C16H19NO/c1-10(2)12-3-4-13-7-14-5-11(9-18)6-15(14)17-16(13)8-12/h3-4,7-8,10-11,18H,5-6,9H2,1-2H3/t11-/m1/s1. The molecule has 2 aromatic rings. The first-order valence-electron chi connectivity index (χ1n) is 6.70. The predicted molar refractivity (Wildman–Crippen MR) is 73.8 cm³/mol. The second-order valence-corrected chi connectivity index (χ2v) is 5.66.